The molecule has 8 rings (SSSR count). The Hall–Kier alpha value is -5.65. The number of hydrazone groups is 1. The fourth-order valence-electron chi connectivity index (χ4n) is 6.77. The molecule has 3 N–H and O–H groups in total. The molecule has 20 nitrogen and oxygen atoms in total. The van der Waals surface area contributed by atoms with Gasteiger partial charge >= 0.3 is 52.6 Å². The van der Waals surface area contributed by atoms with Gasteiger partial charge in [-0.2, -0.15) is 13.5 Å². The molecule has 0 aliphatic heterocycles. The third kappa shape index (κ3) is 11.3. The molecule has 1 aliphatic rings. The number of Topliss-reactive ketones (excluding diaryl/α,β-unsaturated/α-hetero) is 1. The fourth-order valence-corrected chi connectivity index (χ4v) is 9.01. The minimum Gasteiger partial charge on any atom is -0.744 e. The maximum Gasteiger partial charge on any atom is 2.00 e. The van der Waals surface area contributed by atoms with Gasteiger partial charge in [-0.1, -0.05) is 48.5 Å². The van der Waals surface area contributed by atoms with Crippen molar-refractivity contribution in [3.63, 3.8) is 0 Å². The summed E-state index contributed by atoms with van der Waals surface area (Å²) in [5.74, 6) is -0.787. The van der Waals surface area contributed by atoms with Gasteiger partial charge in [-0.15, -0.1) is 20.5 Å². The molecule has 0 saturated heterocycles. The van der Waals surface area contributed by atoms with Gasteiger partial charge in [-0.25, -0.2) is 25.3 Å². The van der Waals surface area contributed by atoms with Crippen LogP contribution in [0.25, 0.3) is 27.6 Å². The van der Waals surface area contributed by atoms with Gasteiger partial charge < -0.3 is 19.0 Å². The number of allylic oxidation sites excluding steroid dienone is 1. The molecular formula is C42H26MgN7NaO13S4. The Bertz CT molecular complexity index is 3800. The van der Waals surface area contributed by atoms with Gasteiger partial charge in [-0.3, -0.25) is 14.8 Å². The van der Waals surface area contributed by atoms with E-state index in [1.54, 1.807) is 36.4 Å². The van der Waals surface area contributed by atoms with Crippen molar-refractivity contribution in [2.45, 2.75) is 14.7 Å². The molecule has 26 heteroatoms. The summed E-state index contributed by atoms with van der Waals surface area (Å²) in [6.45, 7) is 0. The van der Waals surface area contributed by atoms with Crippen molar-refractivity contribution in [1.82, 2.24) is 0 Å². The van der Waals surface area contributed by atoms with Crippen LogP contribution in [0.5, 0.6) is 0 Å². The molecule has 0 fully saturated rings. The first-order chi connectivity index (χ1) is 31.1. The van der Waals surface area contributed by atoms with E-state index in [2.05, 4.69) is 36.3 Å². The molecule has 334 valence electrons. The van der Waals surface area contributed by atoms with Crippen molar-refractivity contribution >= 4 is 142 Å². The number of carbonyl (C=O) groups excluding carboxylic acids is 1. The molecule has 0 radical (unpaired) electrons. The van der Waals surface area contributed by atoms with Crippen LogP contribution in [0.4, 0.5) is 39.8 Å². The second kappa shape index (κ2) is 20.1. The van der Waals surface area contributed by atoms with E-state index in [-0.39, 0.29) is 97.3 Å². The first-order valence-electron chi connectivity index (χ1n) is 18.6. The van der Waals surface area contributed by atoms with Crippen LogP contribution in [-0.4, -0.2) is 86.4 Å². The molecule has 0 heterocycles. The van der Waals surface area contributed by atoms with Gasteiger partial charge in [0.15, 0.2) is 5.71 Å². The molecular weight excluding hydrogens is 986 g/mol. The maximum absolute atomic E-state index is 13.7. The van der Waals surface area contributed by atoms with E-state index >= 15 is 0 Å². The monoisotopic (exact) mass is 1010 g/mol. The average molecular weight is 1010 g/mol. The molecule has 0 saturated carbocycles. The number of benzene rings is 7. The number of hydrogen-bond acceptors (Lipinski definition) is 19. The molecule has 0 spiro atoms. The van der Waals surface area contributed by atoms with Crippen molar-refractivity contribution < 1.29 is 86.2 Å². The van der Waals surface area contributed by atoms with Crippen molar-refractivity contribution in [3.8, 4) is 0 Å². The normalized spacial score (nSPS) is 13.9. The summed E-state index contributed by atoms with van der Waals surface area (Å²) in [7, 11) is -20.4. The van der Waals surface area contributed by atoms with Crippen LogP contribution in [0.15, 0.2) is 179 Å². The molecule has 0 bridgehead atoms. The average Bonchev–Trinajstić information content (AvgIpc) is 3.26. The second-order valence-corrected chi connectivity index (χ2v) is 19.6. The topological polar surface area (TPSA) is 329 Å². The zero-order chi connectivity index (χ0) is 47.2. The van der Waals surface area contributed by atoms with E-state index in [0.717, 1.165) is 23.9 Å². The number of carbonyl (C=O) groups is 1. The minimum atomic E-state index is -5.25. The number of fused-ring (bicyclic) bond motifs is 3. The van der Waals surface area contributed by atoms with Gasteiger partial charge in [0.25, 0.3) is 10.1 Å². The van der Waals surface area contributed by atoms with Gasteiger partial charge in [0.05, 0.1) is 37.4 Å². The predicted molar refractivity (Wildman–Crippen MR) is 243 cm³/mol. The summed E-state index contributed by atoms with van der Waals surface area (Å²) in [5.41, 5.74) is 3.36. The molecule has 0 aromatic heterocycles. The number of para-hydroxylation sites is 1. The fraction of sp³-hybridized carbons (Fsp3) is 0. The molecule has 1 aliphatic carbocycles. The third-order valence-corrected chi connectivity index (χ3v) is 13.2. The first kappa shape index (κ1) is 51.7. The minimum absolute atomic E-state index is 0. The standard InChI is InChI=1S/C42H29N7O13S4.Mg.Na/c50-42-29-13-10-26(43-25-6-2-1-3-7-25)20-24(29)21-40(66(60,61)62)41(42)49-47-35-16-15-34(30-8-4-5-9-31(30)35)44-46-37-18-17-36(32-14-11-27(22-33(32)37)63(51,52)53)45-48-38-23-28(64(54,55)56)12-19-39(38)65(57,58)59;;/h1-23,43,47H,(H,51,52,53)(H,54,55,56)(H,57,58,59)(H,60,61,62);;/q;+2;+1/p-3/b46-44?,48-45?,49-41+;;. The van der Waals surface area contributed by atoms with E-state index in [1.807, 2.05) is 30.3 Å². The largest absolute Gasteiger partial charge is 2.00 e. The quantitative estimate of drug-likeness (QED) is 0.0641. The molecule has 7 aromatic carbocycles. The van der Waals surface area contributed by atoms with Crippen molar-refractivity contribution in [3.05, 3.63) is 149 Å². The maximum atomic E-state index is 13.7. The summed E-state index contributed by atoms with van der Waals surface area (Å²) in [4.78, 5) is 10.4. The molecule has 68 heavy (non-hydrogen) atoms. The number of rotatable bonds is 12. The number of ketones is 1. The van der Waals surface area contributed by atoms with Crippen LogP contribution in [0.3, 0.4) is 0 Å². The molecule has 0 atom stereocenters. The van der Waals surface area contributed by atoms with Crippen LogP contribution in [0, 0.1) is 0 Å². The summed E-state index contributed by atoms with van der Waals surface area (Å²) in [6, 6.07) is 30.9. The van der Waals surface area contributed by atoms with Crippen LogP contribution < -0.4 is 40.3 Å². The predicted octanol–water partition coefficient (Wildman–Crippen LogP) is 4.80. The Kier molecular flexibility index (Phi) is 15.3. The number of nitrogens with zero attached hydrogens (tertiary/aromatic N) is 5. The van der Waals surface area contributed by atoms with Gasteiger partial charge in [0.1, 0.15) is 40.9 Å². The Balaban J connectivity index is 0.00000381. The Morgan fingerprint density at radius 3 is 1.68 bits per heavy atom. The molecule has 0 unspecified atom stereocenters. The summed E-state index contributed by atoms with van der Waals surface area (Å²) in [5, 5.41) is 24.6. The van der Waals surface area contributed by atoms with Crippen molar-refractivity contribution in [2.75, 3.05) is 10.7 Å². The number of nitrogens with one attached hydrogen (secondary N) is 2. The Morgan fingerprint density at radius 2 is 1.06 bits per heavy atom. The Labute approximate surface area is 425 Å². The van der Waals surface area contributed by atoms with Gasteiger partial charge in [0.2, 0.25) is 5.78 Å². The van der Waals surface area contributed by atoms with Gasteiger partial charge in [-0.05, 0) is 96.6 Å². The van der Waals surface area contributed by atoms with E-state index in [4.69, 9.17) is 0 Å². The van der Waals surface area contributed by atoms with E-state index in [0.29, 0.717) is 34.7 Å². The number of azo groups is 2. The Morgan fingerprint density at radius 1 is 0.515 bits per heavy atom. The smallest absolute Gasteiger partial charge is 0.744 e. The molecule has 0 amide bonds. The van der Waals surface area contributed by atoms with Crippen LogP contribution >= 0.6 is 0 Å². The SMILES string of the molecule is O=C1/C(=N/Nc2ccc(N=Nc3ccc(N=Nc4cc(S(=O)(=O)[O-])ccc4S(=O)(=O)[O-])c4ccc(S(=O)(=O)[O-])cc34)c3ccccc23)C(S(=O)(=O)O)=Cc2cc(Nc3ccccc3)ccc21.[Mg+2].[Na+]. The van der Waals surface area contributed by atoms with Crippen molar-refractivity contribution in [1.29, 1.82) is 0 Å². The van der Waals surface area contributed by atoms with E-state index < -0.39 is 77.2 Å². The first-order valence-corrected chi connectivity index (χ1v) is 24.3. The summed E-state index contributed by atoms with van der Waals surface area (Å²) in [6.07, 6.45) is 1.14. The van der Waals surface area contributed by atoms with Crippen LogP contribution in [0.2, 0.25) is 0 Å². The summed E-state index contributed by atoms with van der Waals surface area (Å²) < 4.78 is 142. The van der Waals surface area contributed by atoms with Crippen LogP contribution in [-0.2, 0) is 40.5 Å². The van der Waals surface area contributed by atoms with Crippen LogP contribution in [0.1, 0.15) is 15.9 Å². The van der Waals surface area contributed by atoms with Gasteiger partial charge in [0, 0.05) is 38.5 Å². The number of anilines is 3. The summed E-state index contributed by atoms with van der Waals surface area (Å²) >= 11 is 0. The third-order valence-electron chi connectivity index (χ3n) is 9.81. The second-order valence-electron chi connectivity index (χ2n) is 14.1. The molecule has 7 aromatic rings. The zero-order valence-corrected chi connectivity index (χ0v) is 41.4. The van der Waals surface area contributed by atoms with E-state index in [9.17, 15) is 56.7 Å². The van der Waals surface area contributed by atoms with Crippen molar-refractivity contribution in [2.24, 2.45) is 25.6 Å². The number of hydrogen-bond donors (Lipinski definition) is 3. The van der Waals surface area contributed by atoms with E-state index in [1.165, 1.54) is 36.4 Å². The zero-order valence-electron chi connectivity index (χ0n) is 34.7.